The van der Waals surface area contributed by atoms with E-state index in [9.17, 15) is 4.79 Å². The molecule has 6 nitrogen and oxygen atoms in total. The van der Waals surface area contributed by atoms with Crippen LogP contribution in [0, 0.1) is 13.8 Å². The number of para-hydroxylation sites is 1. The molecule has 0 radical (unpaired) electrons. The van der Waals surface area contributed by atoms with Gasteiger partial charge in [-0.3, -0.25) is 9.69 Å². The summed E-state index contributed by atoms with van der Waals surface area (Å²) >= 11 is 1.54. The molecule has 2 heterocycles. The van der Waals surface area contributed by atoms with Crippen molar-refractivity contribution in [2.45, 2.75) is 27.7 Å². The number of rotatable bonds is 8. The normalized spacial score (nSPS) is 11.6. The minimum atomic E-state index is -0.191. The first-order valence-electron chi connectivity index (χ1n) is 10.9. The van der Waals surface area contributed by atoms with Gasteiger partial charge in [0.15, 0.2) is 22.2 Å². The molecule has 0 spiro atoms. The lowest BCUT2D eigenvalue weighted by Crippen LogP contribution is -2.38. The highest BCUT2D eigenvalue weighted by molar-refractivity contribution is 7.22. The van der Waals surface area contributed by atoms with E-state index in [1.54, 1.807) is 29.4 Å². The molecule has 0 bridgehead atoms. The lowest BCUT2D eigenvalue weighted by atomic mass is 10.1. The predicted molar refractivity (Wildman–Crippen MR) is 131 cm³/mol. The Labute approximate surface area is 192 Å². The Balaban J connectivity index is 1.75. The van der Waals surface area contributed by atoms with Gasteiger partial charge in [-0.15, -0.1) is 0 Å². The molecule has 7 heteroatoms. The van der Waals surface area contributed by atoms with E-state index in [0.29, 0.717) is 23.0 Å². The van der Waals surface area contributed by atoms with Gasteiger partial charge in [0, 0.05) is 18.5 Å². The topological polar surface area (TPSA) is 58.8 Å². The fourth-order valence-corrected chi connectivity index (χ4v) is 4.88. The van der Waals surface area contributed by atoms with E-state index in [-0.39, 0.29) is 11.7 Å². The molecule has 2 aromatic carbocycles. The number of carbonyl (C=O) groups excluding carboxylic acids is 1. The number of aromatic nitrogens is 1. The smallest absolute Gasteiger partial charge is 0.295 e. The summed E-state index contributed by atoms with van der Waals surface area (Å²) in [6.45, 7) is 11.6. The standard InChI is InChI=1S/C25H29N3O3S/c1-6-27(7-2)13-14-28(25-26-22-17(4)16(3)11-12-21(22)32-25)24(29)20-15-18-9-8-10-19(30-5)23(18)31-20/h8-12,15H,6-7,13-14H2,1-5H3. The molecule has 0 unspecified atom stereocenters. The number of hydrogen-bond donors (Lipinski definition) is 0. The lowest BCUT2D eigenvalue weighted by molar-refractivity contribution is 0.0959. The second-order valence-corrected chi connectivity index (χ2v) is 8.83. The van der Waals surface area contributed by atoms with Crippen LogP contribution in [0.5, 0.6) is 5.75 Å². The van der Waals surface area contributed by atoms with Crippen LogP contribution in [-0.2, 0) is 0 Å². The van der Waals surface area contributed by atoms with Crippen molar-refractivity contribution in [3.8, 4) is 5.75 Å². The van der Waals surface area contributed by atoms with E-state index in [0.717, 1.165) is 40.8 Å². The number of anilines is 1. The third kappa shape index (κ3) is 4.10. The average molecular weight is 452 g/mol. The van der Waals surface area contributed by atoms with Gasteiger partial charge in [0.05, 0.1) is 17.3 Å². The average Bonchev–Trinajstić information content (AvgIpc) is 3.43. The fraction of sp³-hybridized carbons (Fsp3) is 0.360. The number of benzene rings is 2. The Bertz CT molecular complexity index is 1260. The van der Waals surface area contributed by atoms with Crippen molar-refractivity contribution in [2.24, 2.45) is 0 Å². The molecule has 0 fully saturated rings. The van der Waals surface area contributed by atoms with E-state index in [2.05, 4.69) is 44.7 Å². The zero-order chi connectivity index (χ0) is 22.8. The molecular formula is C25H29N3O3S. The van der Waals surface area contributed by atoms with Gasteiger partial charge < -0.3 is 14.1 Å². The largest absolute Gasteiger partial charge is 0.493 e. The molecule has 4 aromatic rings. The number of aryl methyl sites for hydroxylation is 2. The van der Waals surface area contributed by atoms with Gasteiger partial charge in [0.2, 0.25) is 0 Å². The van der Waals surface area contributed by atoms with Gasteiger partial charge in [-0.05, 0) is 56.3 Å². The van der Waals surface area contributed by atoms with Crippen molar-refractivity contribution < 1.29 is 13.9 Å². The van der Waals surface area contributed by atoms with E-state index in [1.165, 1.54) is 5.56 Å². The van der Waals surface area contributed by atoms with Gasteiger partial charge in [0.1, 0.15) is 0 Å². The minimum absolute atomic E-state index is 0.191. The van der Waals surface area contributed by atoms with Crippen LogP contribution in [0.3, 0.4) is 0 Å². The van der Waals surface area contributed by atoms with Crippen molar-refractivity contribution in [1.29, 1.82) is 0 Å². The number of furan rings is 1. The number of nitrogens with zero attached hydrogens (tertiary/aromatic N) is 3. The van der Waals surface area contributed by atoms with E-state index in [4.69, 9.17) is 14.1 Å². The van der Waals surface area contributed by atoms with Gasteiger partial charge in [-0.25, -0.2) is 4.98 Å². The predicted octanol–water partition coefficient (Wildman–Crippen LogP) is 5.66. The molecule has 0 saturated heterocycles. The van der Waals surface area contributed by atoms with Crippen LogP contribution in [0.15, 0.2) is 40.8 Å². The van der Waals surface area contributed by atoms with Gasteiger partial charge in [-0.1, -0.05) is 43.4 Å². The molecule has 32 heavy (non-hydrogen) atoms. The Morgan fingerprint density at radius 1 is 1.12 bits per heavy atom. The second-order valence-electron chi connectivity index (χ2n) is 7.82. The highest BCUT2D eigenvalue weighted by Gasteiger charge is 2.26. The third-order valence-electron chi connectivity index (χ3n) is 6.02. The fourth-order valence-electron chi connectivity index (χ4n) is 3.83. The maximum Gasteiger partial charge on any atom is 0.295 e. The van der Waals surface area contributed by atoms with Crippen LogP contribution in [0.4, 0.5) is 5.13 Å². The lowest BCUT2D eigenvalue weighted by Gasteiger charge is -2.24. The number of likely N-dealkylation sites (N-methyl/N-ethyl adjacent to an activating group) is 1. The molecule has 0 saturated carbocycles. The van der Waals surface area contributed by atoms with Gasteiger partial charge >= 0.3 is 0 Å². The number of amides is 1. The molecule has 0 N–H and O–H groups in total. The number of fused-ring (bicyclic) bond motifs is 2. The third-order valence-corrected chi connectivity index (χ3v) is 7.07. The summed E-state index contributed by atoms with van der Waals surface area (Å²) < 4.78 is 12.5. The molecule has 2 aromatic heterocycles. The molecule has 0 atom stereocenters. The zero-order valence-corrected chi connectivity index (χ0v) is 20.1. The SMILES string of the molecule is CCN(CC)CCN(C(=O)c1cc2cccc(OC)c2o1)c1nc2c(C)c(C)ccc2s1. The molecule has 4 rings (SSSR count). The maximum atomic E-state index is 13.7. The summed E-state index contributed by atoms with van der Waals surface area (Å²) in [5.41, 5.74) is 3.88. The summed E-state index contributed by atoms with van der Waals surface area (Å²) in [6, 6.07) is 11.6. The van der Waals surface area contributed by atoms with Crippen LogP contribution >= 0.6 is 11.3 Å². The summed E-state index contributed by atoms with van der Waals surface area (Å²) in [5, 5.41) is 1.53. The Morgan fingerprint density at radius 3 is 2.62 bits per heavy atom. The minimum Gasteiger partial charge on any atom is -0.493 e. The first kappa shape index (κ1) is 22.3. The summed E-state index contributed by atoms with van der Waals surface area (Å²) in [5.74, 6) is 0.711. The van der Waals surface area contributed by atoms with Crippen molar-refractivity contribution in [2.75, 3.05) is 38.2 Å². The molecule has 0 aliphatic rings. The molecule has 1 amide bonds. The summed E-state index contributed by atoms with van der Waals surface area (Å²) in [6.07, 6.45) is 0. The van der Waals surface area contributed by atoms with Crippen molar-refractivity contribution >= 4 is 43.6 Å². The highest BCUT2D eigenvalue weighted by atomic mass is 32.1. The zero-order valence-electron chi connectivity index (χ0n) is 19.3. The van der Waals surface area contributed by atoms with E-state index in [1.807, 2.05) is 18.2 Å². The Kier molecular flexibility index (Phi) is 6.48. The molecular weight excluding hydrogens is 422 g/mol. The molecule has 0 aliphatic carbocycles. The van der Waals surface area contributed by atoms with Crippen molar-refractivity contribution in [3.63, 3.8) is 0 Å². The number of carbonyl (C=O) groups is 1. The van der Waals surface area contributed by atoms with E-state index >= 15 is 0 Å². The van der Waals surface area contributed by atoms with Gasteiger partial charge in [0.25, 0.3) is 5.91 Å². The number of ether oxygens (including phenoxy) is 1. The number of hydrogen-bond acceptors (Lipinski definition) is 6. The quantitative estimate of drug-likeness (QED) is 0.346. The van der Waals surface area contributed by atoms with Crippen molar-refractivity contribution in [3.05, 3.63) is 53.3 Å². The summed E-state index contributed by atoms with van der Waals surface area (Å²) in [7, 11) is 1.60. The molecule has 0 aliphatic heterocycles. The number of methoxy groups -OCH3 is 1. The highest BCUT2D eigenvalue weighted by Crippen LogP contribution is 2.34. The van der Waals surface area contributed by atoms with Gasteiger partial charge in [-0.2, -0.15) is 0 Å². The van der Waals surface area contributed by atoms with Crippen LogP contribution in [0.1, 0.15) is 35.5 Å². The summed E-state index contributed by atoms with van der Waals surface area (Å²) in [4.78, 5) is 22.6. The first-order chi connectivity index (χ1) is 15.5. The maximum absolute atomic E-state index is 13.7. The first-order valence-corrected chi connectivity index (χ1v) is 11.8. The van der Waals surface area contributed by atoms with Crippen LogP contribution in [0.2, 0.25) is 0 Å². The van der Waals surface area contributed by atoms with E-state index < -0.39 is 0 Å². The molecule has 168 valence electrons. The van der Waals surface area contributed by atoms with Crippen molar-refractivity contribution in [1.82, 2.24) is 9.88 Å². The number of thiazole rings is 1. The Hall–Kier alpha value is -2.90. The monoisotopic (exact) mass is 451 g/mol. The van der Waals surface area contributed by atoms with Crippen LogP contribution in [-0.4, -0.2) is 49.1 Å². The van der Waals surface area contributed by atoms with Crippen LogP contribution in [0.25, 0.3) is 21.2 Å². The van der Waals surface area contributed by atoms with Crippen LogP contribution < -0.4 is 9.64 Å². The second kappa shape index (κ2) is 9.30. The Morgan fingerprint density at radius 2 is 1.91 bits per heavy atom.